The van der Waals surface area contributed by atoms with Crippen LogP contribution in [0.2, 0.25) is 0 Å². The van der Waals surface area contributed by atoms with Gasteiger partial charge in [-0.05, 0) is 13.3 Å². The number of hydrogen-bond donors (Lipinski definition) is 1. The molecule has 2 rings (SSSR count). The topological polar surface area (TPSA) is 38.7 Å². The third-order valence-electron chi connectivity index (χ3n) is 2.48. The molecule has 2 aliphatic rings. The van der Waals surface area contributed by atoms with E-state index in [-0.39, 0.29) is 18.1 Å². The van der Waals surface area contributed by atoms with Gasteiger partial charge in [0, 0.05) is 12.5 Å². The number of ether oxygens (including phenoxy) is 2. The lowest BCUT2D eigenvalue weighted by Gasteiger charge is -2.21. The highest BCUT2D eigenvalue weighted by Gasteiger charge is 2.40. The Labute approximate surface area is 72.0 Å². The summed E-state index contributed by atoms with van der Waals surface area (Å²) in [5.74, 6) is 0.139. The summed E-state index contributed by atoms with van der Waals surface area (Å²) in [7, 11) is 0. The van der Waals surface area contributed by atoms with E-state index in [1.807, 2.05) is 13.0 Å². The standard InChI is InChI=1S/C9H14O3/c1-2-11-9(10)7-5-6-3-4-8(7)12-6/h3-4,6-10H,2,5H2,1H3. The molecule has 12 heavy (non-hydrogen) atoms. The van der Waals surface area contributed by atoms with Crippen molar-refractivity contribution in [2.45, 2.75) is 31.8 Å². The molecule has 0 aromatic carbocycles. The molecule has 0 aromatic rings. The summed E-state index contributed by atoms with van der Waals surface area (Å²) < 4.78 is 10.6. The lowest BCUT2D eigenvalue weighted by molar-refractivity contribution is -0.137. The smallest absolute Gasteiger partial charge is 0.160 e. The van der Waals surface area contributed by atoms with Gasteiger partial charge in [0.2, 0.25) is 0 Å². The largest absolute Gasteiger partial charge is 0.368 e. The fraction of sp³-hybridized carbons (Fsp3) is 0.778. The number of rotatable bonds is 3. The van der Waals surface area contributed by atoms with Gasteiger partial charge in [-0.1, -0.05) is 12.2 Å². The van der Waals surface area contributed by atoms with Crippen molar-refractivity contribution in [3.8, 4) is 0 Å². The van der Waals surface area contributed by atoms with E-state index in [0.717, 1.165) is 6.42 Å². The molecule has 1 saturated heterocycles. The molecule has 2 heterocycles. The summed E-state index contributed by atoms with van der Waals surface area (Å²) in [4.78, 5) is 0. The zero-order chi connectivity index (χ0) is 8.55. The number of aliphatic hydroxyl groups is 1. The Hall–Kier alpha value is -0.380. The summed E-state index contributed by atoms with van der Waals surface area (Å²) in [6.07, 6.45) is 4.60. The van der Waals surface area contributed by atoms with Gasteiger partial charge < -0.3 is 14.6 Å². The van der Waals surface area contributed by atoms with Crippen LogP contribution in [0.25, 0.3) is 0 Å². The second kappa shape index (κ2) is 3.17. The van der Waals surface area contributed by atoms with Crippen LogP contribution >= 0.6 is 0 Å². The van der Waals surface area contributed by atoms with Gasteiger partial charge in [-0.3, -0.25) is 0 Å². The van der Waals surface area contributed by atoms with Gasteiger partial charge in [0.05, 0.1) is 12.2 Å². The van der Waals surface area contributed by atoms with Crippen LogP contribution in [0.15, 0.2) is 12.2 Å². The van der Waals surface area contributed by atoms with Gasteiger partial charge in [-0.15, -0.1) is 0 Å². The molecule has 0 spiro atoms. The van der Waals surface area contributed by atoms with Gasteiger partial charge in [-0.25, -0.2) is 0 Å². The highest BCUT2D eigenvalue weighted by Crippen LogP contribution is 2.35. The van der Waals surface area contributed by atoms with Gasteiger partial charge >= 0.3 is 0 Å². The fourth-order valence-electron chi connectivity index (χ4n) is 1.88. The molecule has 2 aliphatic heterocycles. The summed E-state index contributed by atoms with van der Waals surface area (Å²) in [5, 5.41) is 9.53. The summed E-state index contributed by atoms with van der Waals surface area (Å²) in [6.45, 7) is 2.44. The molecule has 4 atom stereocenters. The van der Waals surface area contributed by atoms with Crippen LogP contribution in [0.5, 0.6) is 0 Å². The molecular weight excluding hydrogens is 156 g/mol. The normalized spacial score (nSPS) is 40.7. The van der Waals surface area contributed by atoms with Gasteiger partial charge in [-0.2, -0.15) is 0 Å². The van der Waals surface area contributed by atoms with Crippen LogP contribution in [0.1, 0.15) is 13.3 Å². The average Bonchev–Trinajstić information content (AvgIpc) is 2.64. The first-order valence-corrected chi connectivity index (χ1v) is 4.44. The zero-order valence-electron chi connectivity index (χ0n) is 7.14. The van der Waals surface area contributed by atoms with Gasteiger partial charge in [0.1, 0.15) is 0 Å². The Morgan fingerprint density at radius 2 is 2.50 bits per heavy atom. The predicted octanol–water partition coefficient (Wildman–Crippen LogP) is 0.685. The first-order valence-electron chi connectivity index (χ1n) is 4.44. The summed E-state index contributed by atoms with van der Waals surface area (Å²) in [5.41, 5.74) is 0. The maximum absolute atomic E-state index is 9.53. The van der Waals surface area contributed by atoms with Gasteiger partial charge in [0.15, 0.2) is 6.29 Å². The van der Waals surface area contributed by atoms with Crippen molar-refractivity contribution in [3.63, 3.8) is 0 Å². The second-order valence-corrected chi connectivity index (χ2v) is 3.27. The number of hydrogen-bond acceptors (Lipinski definition) is 3. The quantitative estimate of drug-likeness (QED) is 0.500. The van der Waals surface area contributed by atoms with Crippen LogP contribution in [0.4, 0.5) is 0 Å². The van der Waals surface area contributed by atoms with E-state index in [9.17, 15) is 5.11 Å². The molecule has 0 saturated carbocycles. The minimum absolute atomic E-state index is 0.0801. The van der Waals surface area contributed by atoms with Crippen molar-refractivity contribution in [2.75, 3.05) is 6.61 Å². The van der Waals surface area contributed by atoms with Crippen LogP contribution in [-0.2, 0) is 9.47 Å². The highest BCUT2D eigenvalue weighted by atomic mass is 16.6. The lowest BCUT2D eigenvalue weighted by atomic mass is 9.94. The van der Waals surface area contributed by atoms with Crippen molar-refractivity contribution in [1.29, 1.82) is 0 Å². The summed E-state index contributed by atoms with van der Waals surface area (Å²) in [6, 6.07) is 0. The average molecular weight is 170 g/mol. The Bertz CT molecular complexity index is 190. The molecular formula is C9H14O3. The van der Waals surface area contributed by atoms with E-state index in [1.54, 1.807) is 0 Å². The molecule has 3 heteroatoms. The minimum Gasteiger partial charge on any atom is -0.368 e. The van der Waals surface area contributed by atoms with Crippen molar-refractivity contribution in [1.82, 2.24) is 0 Å². The SMILES string of the molecule is CCOC(O)C1CC2C=CC1O2. The van der Waals surface area contributed by atoms with E-state index in [2.05, 4.69) is 6.08 Å². The third kappa shape index (κ3) is 1.28. The molecule has 0 aromatic heterocycles. The van der Waals surface area contributed by atoms with E-state index in [0.29, 0.717) is 6.61 Å². The second-order valence-electron chi connectivity index (χ2n) is 3.27. The van der Waals surface area contributed by atoms with Crippen LogP contribution in [0.3, 0.4) is 0 Å². The van der Waals surface area contributed by atoms with Crippen molar-refractivity contribution in [3.05, 3.63) is 12.2 Å². The first kappa shape index (κ1) is 8.23. The Kier molecular flexibility index (Phi) is 2.17. The van der Waals surface area contributed by atoms with Crippen molar-refractivity contribution in [2.24, 2.45) is 5.92 Å². The fourth-order valence-corrected chi connectivity index (χ4v) is 1.88. The first-order chi connectivity index (χ1) is 5.81. The predicted molar refractivity (Wildman–Crippen MR) is 43.5 cm³/mol. The van der Waals surface area contributed by atoms with E-state index >= 15 is 0 Å². The molecule has 4 unspecified atom stereocenters. The number of aliphatic hydroxyl groups excluding tert-OH is 1. The van der Waals surface area contributed by atoms with E-state index in [1.165, 1.54) is 0 Å². The monoisotopic (exact) mass is 170 g/mol. The van der Waals surface area contributed by atoms with Crippen LogP contribution in [0, 0.1) is 5.92 Å². The molecule has 0 amide bonds. The van der Waals surface area contributed by atoms with Crippen LogP contribution in [-0.4, -0.2) is 30.2 Å². The number of fused-ring (bicyclic) bond motifs is 2. The van der Waals surface area contributed by atoms with E-state index in [4.69, 9.17) is 9.47 Å². The molecule has 0 aliphatic carbocycles. The molecule has 0 radical (unpaired) electrons. The van der Waals surface area contributed by atoms with Crippen LogP contribution < -0.4 is 0 Å². The highest BCUT2D eigenvalue weighted by molar-refractivity contribution is 5.11. The molecule has 68 valence electrons. The zero-order valence-corrected chi connectivity index (χ0v) is 7.14. The maximum atomic E-state index is 9.53. The van der Waals surface area contributed by atoms with Crippen molar-refractivity contribution >= 4 is 0 Å². The minimum atomic E-state index is -0.657. The third-order valence-corrected chi connectivity index (χ3v) is 2.48. The van der Waals surface area contributed by atoms with Gasteiger partial charge in [0.25, 0.3) is 0 Å². The molecule has 3 nitrogen and oxygen atoms in total. The maximum Gasteiger partial charge on any atom is 0.160 e. The molecule has 2 bridgehead atoms. The Morgan fingerprint density at radius 1 is 1.67 bits per heavy atom. The van der Waals surface area contributed by atoms with Crippen molar-refractivity contribution < 1.29 is 14.6 Å². The summed E-state index contributed by atoms with van der Waals surface area (Å²) >= 11 is 0. The molecule has 1 N–H and O–H groups in total. The van der Waals surface area contributed by atoms with E-state index < -0.39 is 6.29 Å². The lowest BCUT2D eigenvalue weighted by Crippen LogP contribution is -2.29. The Balaban J connectivity index is 1.93. The molecule has 1 fully saturated rings. The Morgan fingerprint density at radius 3 is 3.00 bits per heavy atom.